The van der Waals surface area contributed by atoms with E-state index in [1.807, 2.05) is 12.1 Å². The van der Waals surface area contributed by atoms with Crippen molar-refractivity contribution in [3.63, 3.8) is 0 Å². The first-order valence-electron chi connectivity index (χ1n) is 7.70. The minimum atomic E-state index is 0.125. The van der Waals surface area contributed by atoms with E-state index in [1.54, 1.807) is 0 Å². The average molecular weight is 405 g/mol. The third kappa shape index (κ3) is 4.82. The van der Waals surface area contributed by atoms with Crippen molar-refractivity contribution < 1.29 is 4.74 Å². The van der Waals surface area contributed by atoms with Crippen LogP contribution < -0.4 is 10.6 Å². The second-order valence-electron chi connectivity index (χ2n) is 5.59. The number of halogens is 1. The first-order chi connectivity index (χ1) is 12.1. The van der Waals surface area contributed by atoms with Crippen LogP contribution in [-0.4, -0.2) is 64.5 Å². The highest BCUT2D eigenvalue weighted by Gasteiger charge is 2.18. The average Bonchev–Trinajstić information content (AvgIpc) is 2.63. The highest BCUT2D eigenvalue weighted by molar-refractivity contribution is 9.10. The molecule has 0 saturated carbocycles. The lowest BCUT2D eigenvalue weighted by atomic mass is 10.2. The van der Waals surface area contributed by atoms with Crippen LogP contribution in [0.5, 0.6) is 0 Å². The summed E-state index contributed by atoms with van der Waals surface area (Å²) in [6.07, 6.45) is 2.99. The van der Waals surface area contributed by atoms with Gasteiger partial charge in [-0.05, 0) is 23.0 Å². The van der Waals surface area contributed by atoms with E-state index in [0.29, 0.717) is 22.8 Å². The number of nitrogens with zero attached hydrogens (tertiary/aromatic N) is 6. The van der Waals surface area contributed by atoms with Crippen molar-refractivity contribution in [3.8, 4) is 6.07 Å². The van der Waals surface area contributed by atoms with Crippen molar-refractivity contribution in [2.24, 2.45) is 0 Å². The molecule has 1 aliphatic rings. The van der Waals surface area contributed by atoms with Gasteiger partial charge in [0.1, 0.15) is 11.9 Å². The second-order valence-corrected chi connectivity index (χ2v) is 6.34. The van der Waals surface area contributed by atoms with Gasteiger partial charge in [0.05, 0.1) is 30.8 Å². The van der Waals surface area contributed by atoms with Crippen molar-refractivity contribution in [3.05, 3.63) is 28.8 Å². The number of anilines is 3. The molecule has 3 heterocycles. The maximum Gasteiger partial charge on any atom is 0.158 e. The SMILES string of the molecule is CN1CCO[C@@H](CNc2cc(Nc3cnc(C#N)cn3)nnc2Br)C1. The zero-order valence-electron chi connectivity index (χ0n) is 13.6. The summed E-state index contributed by atoms with van der Waals surface area (Å²) in [7, 11) is 2.08. The van der Waals surface area contributed by atoms with Gasteiger partial charge in [-0.15, -0.1) is 10.2 Å². The molecule has 9 nitrogen and oxygen atoms in total. The minimum Gasteiger partial charge on any atom is -0.380 e. The molecule has 0 unspecified atom stereocenters. The van der Waals surface area contributed by atoms with E-state index in [9.17, 15) is 0 Å². The van der Waals surface area contributed by atoms with Crippen LogP contribution in [0.1, 0.15) is 5.69 Å². The molecule has 2 aromatic rings. The summed E-state index contributed by atoms with van der Waals surface area (Å²) in [5.74, 6) is 1.00. The normalized spacial score (nSPS) is 17.7. The van der Waals surface area contributed by atoms with Gasteiger partial charge in [-0.2, -0.15) is 5.26 Å². The Morgan fingerprint density at radius 1 is 1.36 bits per heavy atom. The van der Waals surface area contributed by atoms with Gasteiger partial charge in [0, 0.05) is 25.7 Å². The molecule has 25 heavy (non-hydrogen) atoms. The molecule has 0 aromatic carbocycles. The van der Waals surface area contributed by atoms with Gasteiger partial charge < -0.3 is 20.3 Å². The topological polar surface area (TPSA) is 112 Å². The van der Waals surface area contributed by atoms with E-state index >= 15 is 0 Å². The van der Waals surface area contributed by atoms with Gasteiger partial charge in [0.25, 0.3) is 0 Å². The molecule has 3 rings (SSSR count). The lowest BCUT2D eigenvalue weighted by Gasteiger charge is -2.30. The van der Waals surface area contributed by atoms with E-state index in [2.05, 4.69) is 58.7 Å². The van der Waals surface area contributed by atoms with Gasteiger partial charge in [-0.25, -0.2) is 9.97 Å². The van der Waals surface area contributed by atoms with Crippen LogP contribution in [0.25, 0.3) is 0 Å². The molecule has 1 aliphatic heterocycles. The molecule has 10 heteroatoms. The molecule has 2 N–H and O–H groups in total. The van der Waals surface area contributed by atoms with Crippen LogP contribution in [0.2, 0.25) is 0 Å². The molecule has 0 spiro atoms. The molecule has 1 saturated heterocycles. The van der Waals surface area contributed by atoms with E-state index in [0.717, 1.165) is 25.4 Å². The Labute approximate surface area is 153 Å². The Kier molecular flexibility index (Phi) is 5.70. The Balaban J connectivity index is 1.64. The summed E-state index contributed by atoms with van der Waals surface area (Å²) in [4.78, 5) is 10.3. The third-order valence-electron chi connectivity index (χ3n) is 3.63. The van der Waals surface area contributed by atoms with Crippen molar-refractivity contribution in [1.29, 1.82) is 5.26 Å². The number of hydrogen-bond donors (Lipinski definition) is 2. The smallest absolute Gasteiger partial charge is 0.158 e. The number of likely N-dealkylation sites (N-methyl/N-ethyl adjacent to an activating group) is 1. The van der Waals surface area contributed by atoms with E-state index in [4.69, 9.17) is 10.00 Å². The van der Waals surface area contributed by atoms with Gasteiger partial charge in [0.15, 0.2) is 16.1 Å². The van der Waals surface area contributed by atoms with Crippen molar-refractivity contribution >= 4 is 33.3 Å². The largest absolute Gasteiger partial charge is 0.380 e. The maximum atomic E-state index is 8.75. The number of ether oxygens (including phenoxy) is 1. The molecule has 1 fully saturated rings. The predicted octanol–water partition coefficient (Wildman–Crippen LogP) is 1.39. The number of nitrogens with one attached hydrogen (secondary N) is 2. The summed E-state index contributed by atoms with van der Waals surface area (Å²) >= 11 is 3.39. The highest BCUT2D eigenvalue weighted by Crippen LogP contribution is 2.23. The van der Waals surface area contributed by atoms with Crippen LogP contribution in [0.3, 0.4) is 0 Å². The van der Waals surface area contributed by atoms with Crippen LogP contribution in [0, 0.1) is 11.3 Å². The Morgan fingerprint density at radius 3 is 2.96 bits per heavy atom. The first-order valence-corrected chi connectivity index (χ1v) is 8.50. The van der Waals surface area contributed by atoms with E-state index in [-0.39, 0.29) is 11.8 Å². The Morgan fingerprint density at radius 2 is 2.24 bits per heavy atom. The number of hydrogen-bond acceptors (Lipinski definition) is 9. The van der Waals surface area contributed by atoms with Crippen LogP contribution in [0.15, 0.2) is 23.1 Å². The van der Waals surface area contributed by atoms with E-state index < -0.39 is 0 Å². The molecule has 0 amide bonds. The van der Waals surface area contributed by atoms with Crippen molar-refractivity contribution in [2.75, 3.05) is 43.9 Å². The number of morpholine rings is 1. The summed E-state index contributed by atoms with van der Waals surface area (Å²) in [6.45, 7) is 3.25. The minimum absolute atomic E-state index is 0.125. The zero-order chi connectivity index (χ0) is 17.6. The fraction of sp³-hybridized carbons (Fsp3) is 0.400. The Hall–Kier alpha value is -2.35. The van der Waals surface area contributed by atoms with E-state index in [1.165, 1.54) is 12.4 Å². The highest BCUT2D eigenvalue weighted by atomic mass is 79.9. The molecule has 0 aliphatic carbocycles. The quantitative estimate of drug-likeness (QED) is 0.762. The lowest BCUT2D eigenvalue weighted by Crippen LogP contribution is -2.43. The molecular weight excluding hydrogens is 388 g/mol. The maximum absolute atomic E-state index is 8.75. The molecular formula is C15H17BrN8O. The van der Waals surface area contributed by atoms with Gasteiger partial charge in [-0.1, -0.05) is 0 Å². The monoisotopic (exact) mass is 404 g/mol. The molecule has 130 valence electrons. The second kappa shape index (κ2) is 8.15. The molecule has 0 bridgehead atoms. The van der Waals surface area contributed by atoms with Crippen molar-refractivity contribution in [1.82, 2.24) is 25.1 Å². The summed E-state index contributed by atoms with van der Waals surface area (Å²) in [5, 5.41) is 23.2. The van der Waals surface area contributed by atoms with Crippen LogP contribution in [0.4, 0.5) is 17.3 Å². The Bertz CT molecular complexity index is 763. The lowest BCUT2D eigenvalue weighted by molar-refractivity contribution is -0.0117. The standard InChI is InChI=1S/C15H17BrN8O/c1-24-2-3-25-11(9-24)7-19-12-4-13(22-23-15(12)16)21-14-8-18-10(5-17)6-20-14/h4,6,8,11H,2-3,7,9H2,1H3,(H2,19,20,21,22)/t11-/m0/s1. The molecule has 2 aromatic heterocycles. The van der Waals surface area contributed by atoms with Crippen LogP contribution >= 0.6 is 15.9 Å². The first kappa shape index (κ1) is 17.5. The van der Waals surface area contributed by atoms with Crippen LogP contribution in [-0.2, 0) is 4.74 Å². The number of rotatable bonds is 5. The molecule has 1 atom stereocenters. The summed E-state index contributed by atoms with van der Waals surface area (Å²) < 4.78 is 6.36. The fourth-order valence-corrected chi connectivity index (χ4v) is 2.69. The van der Waals surface area contributed by atoms with Gasteiger partial charge in [0.2, 0.25) is 0 Å². The summed E-state index contributed by atoms with van der Waals surface area (Å²) in [6, 6.07) is 3.75. The number of aromatic nitrogens is 4. The summed E-state index contributed by atoms with van der Waals surface area (Å²) in [5.41, 5.74) is 1.06. The predicted molar refractivity (Wildman–Crippen MR) is 95.5 cm³/mol. The third-order valence-corrected chi connectivity index (χ3v) is 4.22. The molecule has 0 radical (unpaired) electrons. The number of nitriles is 1. The fourth-order valence-electron chi connectivity index (χ4n) is 2.36. The van der Waals surface area contributed by atoms with Gasteiger partial charge in [-0.3, -0.25) is 0 Å². The zero-order valence-corrected chi connectivity index (χ0v) is 15.2. The van der Waals surface area contributed by atoms with Gasteiger partial charge >= 0.3 is 0 Å². The van der Waals surface area contributed by atoms with Crippen molar-refractivity contribution in [2.45, 2.75) is 6.10 Å².